The third-order valence-electron chi connectivity index (χ3n) is 5.02. The summed E-state index contributed by atoms with van der Waals surface area (Å²) in [5.41, 5.74) is 0.955. The van der Waals surface area contributed by atoms with Gasteiger partial charge >= 0.3 is 0 Å². The fourth-order valence-electron chi connectivity index (χ4n) is 3.41. The van der Waals surface area contributed by atoms with Crippen molar-refractivity contribution >= 4 is 5.91 Å². The molecule has 1 saturated heterocycles. The van der Waals surface area contributed by atoms with Gasteiger partial charge in [0.1, 0.15) is 29.8 Å². The van der Waals surface area contributed by atoms with Crippen molar-refractivity contribution in [1.29, 1.82) is 0 Å². The number of carbonyl (C=O) groups is 1. The second-order valence-corrected chi connectivity index (χ2v) is 7.23. The van der Waals surface area contributed by atoms with Crippen LogP contribution in [0.4, 0.5) is 0 Å². The summed E-state index contributed by atoms with van der Waals surface area (Å²) in [7, 11) is 3.03. The van der Waals surface area contributed by atoms with Gasteiger partial charge in [0.05, 0.1) is 13.7 Å². The Hall–Kier alpha value is -2.65. The van der Waals surface area contributed by atoms with Gasteiger partial charge in [0, 0.05) is 20.6 Å². The molecule has 0 spiro atoms. The number of amides is 1. The van der Waals surface area contributed by atoms with Crippen LogP contribution in [0.2, 0.25) is 0 Å². The van der Waals surface area contributed by atoms with Gasteiger partial charge < -0.3 is 34.1 Å². The maximum absolute atomic E-state index is 11.5. The highest BCUT2D eigenvalue weighted by atomic mass is 16.7. The van der Waals surface area contributed by atoms with E-state index in [0.29, 0.717) is 11.5 Å². The number of benzene rings is 2. The van der Waals surface area contributed by atoms with Crippen LogP contribution >= 0.6 is 0 Å². The molecular weight excluding hydrogens is 402 g/mol. The molecule has 0 radical (unpaired) electrons. The number of carbonyl (C=O) groups excluding carboxylic acids is 1. The molecule has 0 bridgehead atoms. The van der Waals surface area contributed by atoms with Crippen LogP contribution in [0.1, 0.15) is 12.5 Å². The van der Waals surface area contributed by atoms with Crippen LogP contribution in [0.3, 0.4) is 0 Å². The van der Waals surface area contributed by atoms with Gasteiger partial charge in [-0.2, -0.15) is 0 Å². The molecule has 5 unspecified atom stereocenters. The summed E-state index contributed by atoms with van der Waals surface area (Å²) in [6.07, 6.45) is -4.09. The second kappa shape index (κ2) is 11.1. The zero-order valence-electron chi connectivity index (χ0n) is 17.9. The number of aliphatic hydroxyl groups is 1. The molecule has 31 heavy (non-hydrogen) atoms. The first-order valence-electron chi connectivity index (χ1n) is 10.1. The lowest BCUT2D eigenvalue weighted by Crippen LogP contribution is -2.63. The van der Waals surface area contributed by atoms with Crippen molar-refractivity contribution in [3.05, 3.63) is 60.2 Å². The maximum atomic E-state index is 11.5. The van der Waals surface area contributed by atoms with E-state index in [1.807, 2.05) is 30.3 Å². The van der Waals surface area contributed by atoms with Gasteiger partial charge in [-0.05, 0) is 29.8 Å². The Bertz CT molecular complexity index is 814. The van der Waals surface area contributed by atoms with Gasteiger partial charge in [0.2, 0.25) is 5.91 Å². The van der Waals surface area contributed by atoms with E-state index in [2.05, 4.69) is 5.32 Å². The number of rotatable bonds is 9. The van der Waals surface area contributed by atoms with Crippen molar-refractivity contribution in [3.63, 3.8) is 0 Å². The van der Waals surface area contributed by atoms with Gasteiger partial charge in [-0.25, -0.2) is 0 Å². The van der Waals surface area contributed by atoms with Crippen LogP contribution in [-0.4, -0.2) is 62.5 Å². The quantitative estimate of drug-likeness (QED) is 0.626. The molecule has 0 saturated carbocycles. The zero-order valence-corrected chi connectivity index (χ0v) is 17.9. The highest BCUT2D eigenvalue weighted by Gasteiger charge is 2.48. The van der Waals surface area contributed by atoms with Crippen molar-refractivity contribution < 1.29 is 33.6 Å². The summed E-state index contributed by atoms with van der Waals surface area (Å²) in [4.78, 5) is 11.5. The molecule has 2 aromatic carbocycles. The number of nitrogens with one attached hydrogen (secondary N) is 1. The van der Waals surface area contributed by atoms with Gasteiger partial charge in [0.15, 0.2) is 12.4 Å². The molecular formula is C23H29NO7. The highest BCUT2D eigenvalue weighted by Crippen LogP contribution is 2.29. The standard InChI is InChI=1S/C23H29NO7/c1-15(25)24-13-19-21(30-18-11-9-17(27-2)10-12-18)22(20(26)23(28-3)31-19)29-14-16-7-5-4-6-8-16/h4-12,19-23,26H,13-14H2,1-3H3,(H,24,25). The molecule has 2 aromatic rings. The SMILES string of the molecule is COc1ccc(OC2C(CNC(C)=O)OC(OC)C(O)C2OCc2ccccc2)cc1. The second-order valence-electron chi connectivity index (χ2n) is 7.23. The molecule has 0 aromatic heterocycles. The van der Waals surface area contributed by atoms with E-state index in [-0.39, 0.29) is 19.1 Å². The minimum absolute atomic E-state index is 0.175. The molecule has 1 amide bonds. The summed E-state index contributed by atoms with van der Waals surface area (Å²) >= 11 is 0. The predicted octanol–water partition coefficient (Wildman–Crippen LogP) is 1.90. The molecule has 168 valence electrons. The Labute approximate surface area is 182 Å². The summed E-state index contributed by atoms with van der Waals surface area (Å²) in [6, 6.07) is 16.7. The molecule has 8 heteroatoms. The lowest BCUT2D eigenvalue weighted by Gasteiger charge is -2.43. The lowest BCUT2D eigenvalue weighted by atomic mass is 9.97. The number of hydrogen-bond acceptors (Lipinski definition) is 7. The van der Waals surface area contributed by atoms with Crippen LogP contribution in [0.15, 0.2) is 54.6 Å². The Balaban J connectivity index is 1.84. The average Bonchev–Trinajstić information content (AvgIpc) is 2.79. The fourth-order valence-corrected chi connectivity index (χ4v) is 3.41. The first-order valence-corrected chi connectivity index (χ1v) is 10.1. The molecule has 1 heterocycles. The summed E-state index contributed by atoms with van der Waals surface area (Å²) in [5.74, 6) is 1.05. The van der Waals surface area contributed by atoms with E-state index >= 15 is 0 Å². The first kappa shape index (κ1) is 23.0. The summed E-state index contributed by atoms with van der Waals surface area (Å²) in [5, 5.41) is 13.6. The van der Waals surface area contributed by atoms with Crippen LogP contribution in [0, 0.1) is 0 Å². The van der Waals surface area contributed by atoms with E-state index in [1.54, 1.807) is 31.4 Å². The Morgan fingerprint density at radius 3 is 2.32 bits per heavy atom. The van der Waals surface area contributed by atoms with E-state index in [0.717, 1.165) is 5.56 Å². The molecule has 8 nitrogen and oxygen atoms in total. The molecule has 1 fully saturated rings. The molecule has 1 aliphatic rings. The topological polar surface area (TPSA) is 95.5 Å². The van der Waals surface area contributed by atoms with E-state index in [1.165, 1.54) is 14.0 Å². The smallest absolute Gasteiger partial charge is 0.216 e. The van der Waals surface area contributed by atoms with Crippen LogP contribution in [-0.2, 0) is 25.6 Å². The minimum atomic E-state index is -1.09. The van der Waals surface area contributed by atoms with Crippen LogP contribution in [0.25, 0.3) is 0 Å². The van der Waals surface area contributed by atoms with Gasteiger partial charge in [-0.1, -0.05) is 30.3 Å². The third-order valence-corrected chi connectivity index (χ3v) is 5.02. The maximum Gasteiger partial charge on any atom is 0.216 e. The third kappa shape index (κ3) is 6.18. The van der Waals surface area contributed by atoms with Crippen molar-refractivity contribution in [2.24, 2.45) is 0 Å². The Kier molecular flexibility index (Phi) is 8.25. The zero-order chi connectivity index (χ0) is 22.2. The summed E-state index contributed by atoms with van der Waals surface area (Å²) < 4.78 is 28.7. The molecule has 2 N–H and O–H groups in total. The Morgan fingerprint density at radius 1 is 1.03 bits per heavy atom. The monoisotopic (exact) mass is 431 g/mol. The van der Waals surface area contributed by atoms with Gasteiger partial charge in [-0.15, -0.1) is 0 Å². The van der Waals surface area contributed by atoms with Crippen molar-refractivity contribution in [2.45, 2.75) is 44.2 Å². The van der Waals surface area contributed by atoms with E-state index in [4.69, 9.17) is 23.7 Å². The van der Waals surface area contributed by atoms with Crippen molar-refractivity contribution in [3.8, 4) is 11.5 Å². The van der Waals surface area contributed by atoms with E-state index < -0.39 is 30.7 Å². The fraction of sp³-hybridized carbons (Fsp3) is 0.435. The Morgan fingerprint density at radius 2 is 1.71 bits per heavy atom. The minimum Gasteiger partial charge on any atom is -0.497 e. The van der Waals surface area contributed by atoms with Crippen LogP contribution in [0.5, 0.6) is 11.5 Å². The normalized spacial score (nSPS) is 25.6. The molecule has 3 rings (SSSR count). The van der Waals surface area contributed by atoms with Gasteiger partial charge in [0.25, 0.3) is 0 Å². The number of ether oxygens (including phenoxy) is 5. The van der Waals surface area contributed by atoms with Gasteiger partial charge in [-0.3, -0.25) is 4.79 Å². The van der Waals surface area contributed by atoms with E-state index in [9.17, 15) is 9.90 Å². The van der Waals surface area contributed by atoms with Crippen LogP contribution < -0.4 is 14.8 Å². The lowest BCUT2D eigenvalue weighted by molar-refractivity contribution is -0.293. The molecule has 0 aliphatic carbocycles. The predicted molar refractivity (Wildman–Crippen MR) is 113 cm³/mol. The van der Waals surface area contributed by atoms with Crippen molar-refractivity contribution in [2.75, 3.05) is 20.8 Å². The highest BCUT2D eigenvalue weighted by molar-refractivity contribution is 5.72. The van der Waals surface area contributed by atoms with Crippen molar-refractivity contribution in [1.82, 2.24) is 5.32 Å². The largest absolute Gasteiger partial charge is 0.497 e. The molecule has 5 atom stereocenters. The first-order chi connectivity index (χ1) is 15.0. The number of aliphatic hydroxyl groups excluding tert-OH is 1. The average molecular weight is 431 g/mol. The molecule has 1 aliphatic heterocycles. The number of methoxy groups -OCH3 is 2. The summed E-state index contributed by atoms with van der Waals surface area (Å²) in [6.45, 7) is 1.87. The number of hydrogen-bond donors (Lipinski definition) is 2.